The van der Waals surface area contributed by atoms with Gasteiger partial charge in [0.25, 0.3) is 0 Å². The van der Waals surface area contributed by atoms with Gasteiger partial charge in [0.15, 0.2) is 0 Å². The van der Waals surface area contributed by atoms with Crippen molar-refractivity contribution in [3.05, 3.63) is 0 Å². The van der Waals surface area contributed by atoms with Crippen LogP contribution in [-0.2, 0) is 26.6 Å². The molecular weight excluding hydrogens is 649 g/mol. The third-order valence-electron chi connectivity index (χ3n) is 3.40. The summed E-state index contributed by atoms with van der Waals surface area (Å²) < 4.78 is 32.5. The van der Waals surface area contributed by atoms with Crippen LogP contribution in [0.25, 0.3) is 0 Å². The second kappa shape index (κ2) is 136. The molecule has 0 aromatic carbocycles. The number of aliphatic hydroxyl groups excluding tert-OH is 3. The molecule has 0 aromatic rings. The lowest BCUT2D eigenvalue weighted by molar-refractivity contribution is 0.0709. The number of hydrogen-bond donors (Lipinski definition) is 5. The van der Waals surface area contributed by atoms with Crippen molar-refractivity contribution in [3.63, 3.8) is 0 Å². The maximum Gasteiger partial charge on any atom is 0.500 e. The van der Waals surface area contributed by atoms with E-state index in [1.54, 1.807) is 21.3 Å². The van der Waals surface area contributed by atoms with Crippen LogP contribution in [0.1, 0.15) is 152 Å². The highest BCUT2D eigenvalue weighted by molar-refractivity contribution is 6.61. The van der Waals surface area contributed by atoms with Crippen molar-refractivity contribution in [1.29, 1.82) is 0 Å². The van der Waals surface area contributed by atoms with Gasteiger partial charge in [-0.25, -0.2) is 0 Å². The smallest absolute Gasteiger partial charge is 0.400 e. The molecule has 0 saturated heterocycles. The summed E-state index contributed by atoms with van der Waals surface area (Å²) in [4.78, 5) is 0. The molecule has 0 atom stereocenters. The Kier molecular flexibility index (Phi) is 261. The standard InChI is InChI=1S/C9H23NO3Si.C6H17NO3Si.8C2H6.3CH4O.CH4/c1-4-11-14(12-5-2,13-6-3)9-7-8-10;1-8-11(9-2,10-3)6-4-5-7;11*1-2;/h4-10H2,1-3H3;4-7H2,1-3H3;8*1-2H3;3*2H,1H3;1H4. The van der Waals surface area contributed by atoms with Crippen molar-refractivity contribution in [1.82, 2.24) is 0 Å². The topological polar surface area (TPSA) is 168 Å². The van der Waals surface area contributed by atoms with Crippen molar-refractivity contribution in [2.45, 2.75) is 164 Å². The molecule has 0 heterocycles. The van der Waals surface area contributed by atoms with E-state index in [0.717, 1.165) is 46.3 Å². The van der Waals surface area contributed by atoms with Crippen LogP contribution in [0.5, 0.6) is 0 Å². The van der Waals surface area contributed by atoms with E-state index in [1.807, 2.05) is 132 Å². The molecule has 0 aliphatic carbocycles. The molecule has 0 bridgehead atoms. The molecule has 0 aliphatic rings. The predicted molar refractivity (Wildman–Crippen MR) is 226 cm³/mol. The third-order valence-corrected chi connectivity index (χ3v) is 9.38. The van der Waals surface area contributed by atoms with Gasteiger partial charge in [0.05, 0.1) is 0 Å². The van der Waals surface area contributed by atoms with Crippen LogP contribution in [0.2, 0.25) is 12.1 Å². The summed E-state index contributed by atoms with van der Waals surface area (Å²) >= 11 is 0. The summed E-state index contributed by atoms with van der Waals surface area (Å²) in [6, 6.07) is 1.60. The van der Waals surface area contributed by atoms with Crippen LogP contribution in [0, 0.1) is 0 Å². The highest BCUT2D eigenvalue weighted by Crippen LogP contribution is 2.17. The van der Waals surface area contributed by atoms with Gasteiger partial charge in [-0.2, -0.15) is 0 Å². The summed E-state index contributed by atoms with van der Waals surface area (Å²) in [5.41, 5.74) is 10.8. The van der Waals surface area contributed by atoms with Crippen LogP contribution < -0.4 is 11.5 Å². The average Bonchev–Trinajstić information content (AvgIpc) is 3.21. The minimum Gasteiger partial charge on any atom is -0.400 e. The first-order valence-corrected chi connectivity index (χ1v) is 22.2. The largest absolute Gasteiger partial charge is 0.500 e. The lowest BCUT2D eigenvalue weighted by Gasteiger charge is -2.28. The third kappa shape index (κ3) is 96.9. The molecule has 11 nitrogen and oxygen atoms in total. The second-order valence-electron chi connectivity index (χ2n) is 5.06. The Hall–Kier alpha value is -0.00623. The van der Waals surface area contributed by atoms with Gasteiger partial charge in [-0.05, 0) is 46.7 Å². The van der Waals surface area contributed by atoms with E-state index in [2.05, 4.69) is 0 Å². The molecule has 7 N–H and O–H groups in total. The molecule has 48 heavy (non-hydrogen) atoms. The zero-order chi connectivity index (χ0) is 41.6. The van der Waals surface area contributed by atoms with Gasteiger partial charge in [0.1, 0.15) is 0 Å². The van der Waals surface area contributed by atoms with Crippen LogP contribution in [0.4, 0.5) is 0 Å². The van der Waals surface area contributed by atoms with Crippen LogP contribution >= 0.6 is 0 Å². The maximum atomic E-state index is 7.00. The summed E-state index contributed by atoms with van der Waals surface area (Å²) in [6.45, 7) is 41.1. The fourth-order valence-electron chi connectivity index (χ4n) is 2.19. The first-order chi connectivity index (χ1) is 23.0. The van der Waals surface area contributed by atoms with Crippen molar-refractivity contribution >= 4 is 17.6 Å². The Morgan fingerprint density at radius 1 is 0.396 bits per heavy atom. The Labute approximate surface area is 309 Å². The number of hydrogen-bond acceptors (Lipinski definition) is 11. The normalized spacial score (nSPS) is 7.62. The van der Waals surface area contributed by atoms with Gasteiger partial charge < -0.3 is 53.3 Å². The molecule has 0 saturated carbocycles. The fourth-order valence-corrected chi connectivity index (χ4v) is 6.58. The highest BCUT2D eigenvalue weighted by Gasteiger charge is 2.39. The number of aliphatic hydroxyl groups is 3. The van der Waals surface area contributed by atoms with Crippen LogP contribution in [0.15, 0.2) is 0 Å². The minimum atomic E-state index is -2.40. The molecule has 13 heteroatoms. The van der Waals surface area contributed by atoms with Gasteiger partial charge in [-0.1, -0.05) is 118 Å². The Balaban J connectivity index is -0.0000000253. The highest BCUT2D eigenvalue weighted by atomic mass is 28.4. The number of nitrogens with two attached hydrogens (primary N) is 2. The van der Waals surface area contributed by atoms with Gasteiger partial charge in [0.2, 0.25) is 0 Å². The lowest BCUT2D eigenvalue weighted by Crippen LogP contribution is -2.46. The SMILES string of the molecule is C.CC.CC.CC.CC.CC.CC.CC.CC.CCO[Si](CCCN)(OCC)OCC.CO.CO.CO.CO[Si](CCCN)(OC)OC. The monoisotopic (exact) mass is 753 g/mol. The van der Waals surface area contributed by atoms with Gasteiger partial charge >= 0.3 is 17.6 Å². The molecule has 316 valence electrons. The quantitative estimate of drug-likeness (QED) is 0.101. The van der Waals surface area contributed by atoms with E-state index in [9.17, 15) is 0 Å². The van der Waals surface area contributed by atoms with Crippen LogP contribution in [0.3, 0.4) is 0 Å². The zero-order valence-electron chi connectivity index (χ0n) is 37.3. The van der Waals surface area contributed by atoms with Crippen molar-refractivity contribution in [3.8, 4) is 0 Å². The first-order valence-electron chi connectivity index (χ1n) is 18.3. The number of rotatable bonds is 15. The van der Waals surface area contributed by atoms with Gasteiger partial charge in [-0.3, -0.25) is 0 Å². The van der Waals surface area contributed by atoms with E-state index < -0.39 is 17.6 Å². The molecule has 0 fully saturated rings. The minimum absolute atomic E-state index is 0. The summed E-state index contributed by atoms with van der Waals surface area (Å²) in [5.74, 6) is 0. The predicted octanol–water partition coefficient (Wildman–Crippen LogP) is 9.27. The summed E-state index contributed by atoms with van der Waals surface area (Å²) in [7, 11) is 3.11. The van der Waals surface area contributed by atoms with E-state index >= 15 is 0 Å². The molecule has 0 amide bonds. The van der Waals surface area contributed by atoms with E-state index in [4.69, 9.17) is 53.3 Å². The molecule has 0 unspecified atom stereocenters. The summed E-state index contributed by atoms with van der Waals surface area (Å²) in [6.07, 6.45) is 1.77. The van der Waals surface area contributed by atoms with Crippen molar-refractivity contribution in [2.24, 2.45) is 11.5 Å². The van der Waals surface area contributed by atoms with Gasteiger partial charge in [-0.15, -0.1) is 0 Å². The lowest BCUT2D eigenvalue weighted by atomic mass is 10.5. The maximum absolute atomic E-state index is 7.00. The molecule has 0 rings (SSSR count). The summed E-state index contributed by atoms with van der Waals surface area (Å²) in [5, 5.41) is 21.0. The average molecular weight is 753 g/mol. The van der Waals surface area contributed by atoms with Gasteiger partial charge in [0, 0.05) is 74.6 Å². The van der Waals surface area contributed by atoms with Crippen molar-refractivity contribution < 1.29 is 41.9 Å². The Bertz CT molecular complexity index is 280. The van der Waals surface area contributed by atoms with Crippen LogP contribution in [-0.4, -0.2) is 108 Å². The van der Waals surface area contributed by atoms with Crippen molar-refractivity contribution in [2.75, 3.05) is 75.6 Å². The van der Waals surface area contributed by atoms with E-state index in [1.165, 1.54) is 0 Å². The Morgan fingerprint density at radius 3 is 0.688 bits per heavy atom. The molecular formula is C35H104N2O9Si2. The first kappa shape index (κ1) is 91.7. The fraction of sp³-hybridized carbons (Fsp3) is 1.00. The van der Waals surface area contributed by atoms with E-state index in [-0.39, 0.29) is 7.43 Å². The van der Waals surface area contributed by atoms with E-state index in [0.29, 0.717) is 32.9 Å². The molecule has 0 radical (unpaired) electrons. The second-order valence-corrected chi connectivity index (χ2v) is 10.9. The molecule has 0 aliphatic heterocycles. The zero-order valence-corrected chi connectivity index (χ0v) is 39.3. The Morgan fingerprint density at radius 2 is 0.562 bits per heavy atom. The molecule has 0 spiro atoms. The molecule has 0 aromatic heterocycles.